The lowest BCUT2D eigenvalue weighted by atomic mass is 10.3. The van der Waals surface area contributed by atoms with Crippen LogP contribution in [0.25, 0.3) is 11.2 Å². The minimum Gasteiger partial charge on any atom is -0.382 e. The van der Waals surface area contributed by atoms with Gasteiger partial charge in [0.15, 0.2) is 22.1 Å². The summed E-state index contributed by atoms with van der Waals surface area (Å²) in [5, 5.41) is 1.89. The molecule has 5 nitrogen and oxygen atoms in total. The highest BCUT2D eigenvalue weighted by Crippen LogP contribution is 2.35. The van der Waals surface area contributed by atoms with Crippen LogP contribution in [0.15, 0.2) is 34.6 Å². The summed E-state index contributed by atoms with van der Waals surface area (Å²) in [4.78, 5) is 13.5. The van der Waals surface area contributed by atoms with Crippen molar-refractivity contribution in [3.63, 3.8) is 0 Å². The van der Waals surface area contributed by atoms with Crippen molar-refractivity contribution in [3.8, 4) is 0 Å². The Hall–Kier alpha value is -1.38. The Morgan fingerprint density at radius 1 is 1.35 bits per heavy atom. The summed E-state index contributed by atoms with van der Waals surface area (Å²) in [6.07, 6.45) is 2.32. The molecule has 0 saturated heterocycles. The second-order valence-electron chi connectivity index (χ2n) is 4.70. The topological polar surface area (TPSA) is 69.6 Å². The van der Waals surface area contributed by atoms with E-state index in [4.69, 9.17) is 17.3 Å². The Labute approximate surface area is 149 Å². The molecular weight excluding hydrogens is 405 g/mol. The number of aromatic nitrogens is 4. The first kappa shape index (κ1) is 16.5. The number of rotatable bonds is 5. The fourth-order valence-electron chi connectivity index (χ4n) is 2.09. The number of imidazole rings is 1. The molecule has 0 bridgehead atoms. The Bertz CT molecular complexity index is 857. The normalized spacial score (nSPS) is 11.3. The summed E-state index contributed by atoms with van der Waals surface area (Å²) in [5.41, 5.74) is 7.13. The molecule has 23 heavy (non-hydrogen) atoms. The fraction of sp³-hybridized carbons (Fsp3) is 0.214. The van der Waals surface area contributed by atoms with Gasteiger partial charge in [0, 0.05) is 16.8 Å². The Balaban J connectivity index is 2.06. The zero-order chi connectivity index (χ0) is 16.4. The van der Waals surface area contributed by atoms with Crippen LogP contribution < -0.4 is 5.73 Å². The molecule has 2 heterocycles. The molecule has 2 aromatic heterocycles. The monoisotopic (exact) mass is 415 g/mol. The summed E-state index contributed by atoms with van der Waals surface area (Å²) in [6.45, 7) is 0.722. The molecule has 120 valence electrons. The lowest BCUT2D eigenvalue weighted by molar-refractivity contribution is 0.626. The minimum atomic E-state index is -0.373. The molecule has 0 aliphatic heterocycles. The molecule has 0 spiro atoms. The summed E-state index contributed by atoms with van der Waals surface area (Å²) < 4.78 is 15.2. The van der Waals surface area contributed by atoms with Crippen molar-refractivity contribution in [2.24, 2.45) is 0 Å². The van der Waals surface area contributed by atoms with Gasteiger partial charge < -0.3 is 10.3 Å². The van der Waals surface area contributed by atoms with E-state index in [0.717, 1.165) is 23.2 Å². The number of nitrogen functional groups attached to an aromatic ring is 1. The van der Waals surface area contributed by atoms with Gasteiger partial charge in [-0.25, -0.2) is 19.3 Å². The largest absolute Gasteiger partial charge is 0.382 e. The number of alkyl halides is 1. The van der Waals surface area contributed by atoms with Crippen LogP contribution >= 0.6 is 39.3 Å². The molecule has 0 radical (unpaired) electrons. The second kappa shape index (κ2) is 7.02. The van der Waals surface area contributed by atoms with Gasteiger partial charge in [0.25, 0.3) is 0 Å². The molecular formula is C14H12BrClFN5S. The highest BCUT2D eigenvalue weighted by molar-refractivity contribution is 9.09. The van der Waals surface area contributed by atoms with Crippen molar-refractivity contribution in [1.82, 2.24) is 19.5 Å². The van der Waals surface area contributed by atoms with Gasteiger partial charge in [-0.2, -0.15) is 0 Å². The molecule has 0 fully saturated rings. The highest BCUT2D eigenvalue weighted by atomic mass is 79.9. The van der Waals surface area contributed by atoms with Crippen molar-refractivity contribution >= 4 is 56.3 Å². The molecule has 0 amide bonds. The molecule has 1 aromatic carbocycles. The van der Waals surface area contributed by atoms with Gasteiger partial charge in [-0.3, -0.25) is 0 Å². The average Bonchev–Trinajstić information content (AvgIpc) is 2.87. The van der Waals surface area contributed by atoms with Crippen LogP contribution in [-0.2, 0) is 6.54 Å². The molecule has 0 unspecified atom stereocenters. The molecule has 0 saturated carbocycles. The quantitative estimate of drug-likeness (QED) is 0.633. The predicted octanol–water partition coefficient (Wildman–Crippen LogP) is 4.14. The van der Waals surface area contributed by atoms with E-state index in [-0.39, 0.29) is 5.82 Å². The number of hydrogen-bond acceptors (Lipinski definition) is 5. The first-order valence-electron chi connectivity index (χ1n) is 6.75. The maximum Gasteiger partial charge on any atom is 0.175 e. The van der Waals surface area contributed by atoms with Crippen LogP contribution in [0.2, 0.25) is 5.02 Å². The van der Waals surface area contributed by atoms with Gasteiger partial charge >= 0.3 is 0 Å². The Morgan fingerprint density at radius 2 is 2.17 bits per heavy atom. The van der Waals surface area contributed by atoms with Gasteiger partial charge in [0.2, 0.25) is 0 Å². The Morgan fingerprint density at radius 3 is 2.91 bits per heavy atom. The number of anilines is 1. The lowest BCUT2D eigenvalue weighted by Crippen LogP contribution is -2.02. The molecule has 9 heteroatoms. The van der Waals surface area contributed by atoms with E-state index in [1.54, 1.807) is 6.07 Å². The highest BCUT2D eigenvalue weighted by Gasteiger charge is 2.16. The fourth-order valence-corrected chi connectivity index (χ4v) is 3.54. The van der Waals surface area contributed by atoms with Gasteiger partial charge in [-0.05, 0) is 24.6 Å². The summed E-state index contributed by atoms with van der Waals surface area (Å²) in [5.74, 6) is -0.0399. The summed E-state index contributed by atoms with van der Waals surface area (Å²) >= 11 is 10.9. The van der Waals surface area contributed by atoms with E-state index >= 15 is 0 Å². The van der Waals surface area contributed by atoms with E-state index in [2.05, 4.69) is 30.9 Å². The van der Waals surface area contributed by atoms with E-state index in [1.807, 2.05) is 4.57 Å². The van der Waals surface area contributed by atoms with Crippen LogP contribution in [0.1, 0.15) is 6.42 Å². The van der Waals surface area contributed by atoms with E-state index < -0.39 is 0 Å². The van der Waals surface area contributed by atoms with Crippen LogP contribution in [0, 0.1) is 5.82 Å². The molecule has 3 rings (SSSR count). The van der Waals surface area contributed by atoms with Crippen LogP contribution in [0.3, 0.4) is 0 Å². The van der Waals surface area contributed by atoms with Crippen LogP contribution in [0.4, 0.5) is 10.2 Å². The van der Waals surface area contributed by atoms with Gasteiger partial charge in [-0.1, -0.05) is 39.3 Å². The molecule has 3 aromatic rings. The smallest absolute Gasteiger partial charge is 0.175 e. The van der Waals surface area contributed by atoms with Crippen molar-refractivity contribution in [2.45, 2.75) is 23.0 Å². The molecule has 0 atom stereocenters. The molecule has 2 N–H and O–H groups in total. The standard InChI is InChI=1S/C14H12BrClFN5S/c15-4-1-5-22-13-11(12(18)19-7-20-13)21-14(22)23-10-3-2-8(17)6-9(10)16/h2-3,6-7H,1,4-5H2,(H2,18,19,20). The van der Waals surface area contributed by atoms with Crippen molar-refractivity contribution in [1.29, 1.82) is 0 Å². The van der Waals surface area contributed by atoms with Crippen LogP contribution in [-0.4, -0.2) is 24.8 Å². The van der Waals surface area contributed by atoms with Crippen molar-refractivity contribution < 1.29 is 4.39 Å². The number of nitrogens with zero attached hydrogens (tertiary/aromatic N) is 4. The van der Waals surface area contributed by atoms with Crippen molar-refractivity contribution in [3.05, 3.63) is 35.4 Å². The third-order valence-corrected chi connectivity index (χ3v) is 5.19. The number of halogens is 3. The van der Waals surface area contributed by atoms with E-state index in [9.17, 15) is 4.39 Å². The van der Waals surface area contributed by atoms with E-state index in [1.165, 1.54) is 30.2 Å². The lowest BCUT2D eigenvalue weighted by Gasteiger charge is -2.08. The first-order valence-corrected chi connectivity index (χ1v) is 9.07. The third-order valence-electron chi connectivity index (χ3n) is 3.14. The van der Waals surface area contributed by atoms with E-state index in [0.29, 0.717) is 27.2 Å². The maximum absolute atomic E-state index is 13.2. The number of aryl methyl sites for hydroxylation is 1. The third kappa shape index (κ3) is 3.44. The van der Waals surface area contributed by atoms with Gasteiger partial charge in [-0.15, -0.1) is 0 Å². The summed E-state index contributed by atoms with van der Waals surface area (Å²) in [6, 6.07) is 4.28. The average molecular weight is 417 g/mol. The van der Waals surface area contributed by atoms with Gasteiger partial charge in [0.05, 0.1) is 5.02 Å². The zero-order valence-electron chi connectivity index (χ0n) is 11.8. The first-order chi connectivity index (χ1) is 11.1. The van der Waals surface area contributed by atoms with Gasteiger partial charge in [0.1, 0.15) is 12.1 Å². The number of benzene rings is 1. The second-order valence-corrected chi connectivity index (χ2v) is 6.91. The minimum absolute atomic E-state index is 0.333. The molecule has 0 aliphatic rings. The SMILES string of the molecule is Nc1ncnc2c1nc(Sc1ccc(F)cc1Cl)n2CCCBr. The predicted molar refractivity (Wildman–Crippen MR) is 93.7 cm³/mol. The molecule has 0 aliphatic carbocycles. The number of nitrogens with two attached hydrogens (primary N) is 1. The Kier molecular flexibility index (Phi) is 5.03. The summed E-state index contributed by atoms with van der Waals surface area (Å²) in [7, 11) is 0. The van der Waals surface area contributed by atoms with Crippen LogP contribution in [0.5, 0.6) is 0 Å². The number of fused-ring (bicyclic) bond motifs is 1. The zero-order valence-corrected chi connectivity index (χ0v) is 15.0. The number of hydrogen-bond donors (Lipinski definition) is 1. The maximum atomic E-state index is 13.2. The van der Waals surface area contributed by atoms with Crippen molar-refractivity contribution in [2.75, 3.05) is 11.1 Å².